The number of nitrogens with zero attached hydrogens (tertiary/aromatic N) is 6. The molecule has 10 nitrogen and oxygen atoms in total. The van der Waals surface area contributed by atoms with Gasteiger partial charge in [-0.05, 0) is 31.2 Å². The number of aliphatic hydroxyl groups excluding tert-OH is 1. The van der Waals surface area contributed by atoms with Gasteiger partial charge in [-0.15, -0.1) is 0 Å². The molecule has 0 saturated carbocycles. The monoisotopic (exact) mass is 515 g/mol. The van der Waals surface area contributed by atoms with Gasteiger partial charge in [0.05, 0.1) is 22.5 Å². The summed E-state index contributed by atoms with van der Waals surface area (Å²) in [5.74, 6) is 0.256. The lowest BCUT2D eigenvalue weighted by Gasteiger charge is -2.18. The molecule has 38 heavy (non-hydrogen) atoms. The van der Waals surface area contributed by atoms with Crippen molar-refractivity contribution in [2.75, 3.05) is 16.4 Å². The van der Waals surface area contributed by atoms with Crippen molar-refractivity contribution in [3.05, 3.63) is 71.9 Å². The van der Waals surface area contributed by atoms with Crippen LogP contribution in [0, 0.1) is 12.7 Å². The van der Waals surface area contributed by atoms with Crippen molar-refractivity contribution in [2.24, 2.45) is 7.05 Å². The molecule has 0 aliphatic heterocycles. The molecule has 2 aromatic carbocycles. The van der Waals surface area contributed by atoms with Crippen LogP contribution in [-0.4, -0.2) is 41.0 Å². The highest BCUT2D eigenvalue weighted by atomic mass is 19.1. The molecule has 0 aliphatic rings. The standard InChI is InChI=1S/C27H30FN9O/c1-15-6-9-17(10-7-15)37-21(13-20(34-37)27(2,3)4)33-26(38)32-19-11-8-16(12-18(19)28)23-22-24(29)30-14-31-25(22)36(5)35-23/h6-14,26,32-33,38H,1-5H3,(H2,29,30,31). The summed E-state index contributed by atoms with van der Waals surface area (Å²) in [6.45, 7) is 8.21. The molecule has 1 unspecified atom stereocenters. The Balaban J connectivity index is 1.40. The molecule has 5 N–H and O–H groups in total. The van der Waals surface area contributed by atoms with Crippen molar-refractivity contribution in [1.82, 2.24) is 29.5 Å². The summed E-state index contributed by atoms with van der Waals surface area (Å²) in [4.78, 5) is 8.25. The second-order valence-corrected chi connectivity index (χ2v) is 10.2. The van der Waals surface area contributed by atoms with Crippen LogP contribution in [0.5, 0.6) is 0 Å². The Morgan fingerprint density at radius 3 is 2.42 bits per heavy atom. The zero-order valence-electron chi connectivity index (χ0n) is 21.9. The summed E-state index contributed by atoms with van der Waals surface area (Å²) in [5.41, 5.74) is 10.3. The maximum atomic E-state index is 15.2. The topological polar surface area (TPSA) is 132 Å². The largest absolute Gasteiger partial charge is 0.383 e. The molecule has 0 bridgehead atoms. The predicted molar refractivity (Wildman–Crippen MR) is 146 cm³/mol. The van der Waals surface area contributed by atoms with Crippen molar-refractivity contribution in [3.8, 4) is 16.9 Å². The zero-order valence-corrected chi connectivity index (χ0v) is 21.9. The van der Waals surface area contributed by atoms with E-state index >= 15 is 4.39 Å². The molecule has 0 amide bonds. The van der Waals surface area contributed by atoms with E-state index in [1.165, 1.54) is 18.5 Å². The maximum Gasteiger partial charge on any atom is 0.204 e. The van der Waals surface area contributed by atoms with Gasteiger partial charge in [-0.1, -0.05) is 44.5 Å². The second kappa shape index (κ2) is 9.42. The average molecular weight is 516 g/mol. The summed E-state index contributed by atoms with van der Waals surface area (Å²) < 4.78 is 18.5. The third-order valence-electron chi connectivity index (χ3n) is 6.23. The Morgan fingerprint density at radius 2 is 1.74 bits per heavy atom. The van der Waals surface area contributed by atoms with Gasteiger partial charge in [0.15, 0.2) is 5.65 Å². The lowest BCUT2D eigenvalue weighted by molar-refractivity contribution is 0.231. The number of rotatable bonds is 6. The number of aliphatic hydroxyl groups is 1. The smallest absolute Gasteiger partial charge is 0.204 e. The van der Waals surface area contributed by atoms with E-state index in [0.717, 1.165) is 16.9 Å². The van der Waals surface area contributed by atoms with Crippen LogP contribution in [0.15, 0.2) is 54.9 Å². The zero-order chi connectivity index (χ0) is 27.2. The number of anilines is 3. The number of nitrogen functional groups attached to an aromatic ring is 1. The SMILES string of the molecule is Cc1ccc(-n2nc(C(C)(C)C)cc2NC(O)Nc2ccc(-c3nn(C)c4ncnc(N)c34)cc2F)cc1. The Morgan fingerprint density at radius 1 is 1.00 bits per heavy atom. The number of nitrogens with one attached hydrogen (secondary N) is 2. The first-order valence-electron chi connectivity index (χ1n) is 12.1. The predicted octanol–water partition coefficient (Wildman–Crippen LogP) is 4.34. The van der Waals surface area contributed by atoms with Crippen LogP contribution in [0.2, 0.25) is 0 Å². The second-order valence-electron chi connectivity index (χ2n) is 10.2. The summed E-state index contributed by atoms with van der Waals surface area (Å²) in [6.07, 6.45) is 0.0594. The van der Waals surface area contributed by atoms with Gasteiger partial charge in [0, 0.05) is 24.1 Å². The van der Waals surface area contributed by atoms with Crippen molar-refractivity contribution < 1.29 is 9.50 Å². The Bertz CT molecular complexity index is 1620. The number of halogens is 1. The minimum Gasteiger partial charge on any atom is -0.383 e. The van der Waals surface area contributed by atoms with E-state index < -0.39 is 12.2 Å². The van der Waals surface area contributed by atoms with E-state index in [-0.39, 0.29) is 16.9 Å². The van der Waals surface area contributed by atoms with E-state index in [1.54, 1.807) is 22.5 Å². The number of fused-ring (bicyclic) bond motifs is 1. The fourth-order valence-corrected chi connectivity index (χ4v) is 4.15. The molecular formula is C27H30FN9O. The van der Waals surface area contributed by atoms with Gasteiger partial charge < -0.3 is 21.5 Å². The lowest BCUT2D eigenvalue weighted by Crippen LogP contribution is -2.29. The molecule has 0 saturated heterocycles. The van der Waals surface area contributed by atoms with Crippen LogP contribution < -0.4 is 16.4 Å². The van der Waals surface area contributed by atoms with Gasteiger partial charge in [0.2, 0.25) is 6.35 Å². The first kappa shape index (κ1) is 25.2. The van der Waals surface area contributed by atoms with Crippen molar-refractivity contribution in [2.45, 2.75) is 39.5 Å². The van der Waals surface area contributed by atoms with Crippen LogP contribution in [0.1, 0.15) is 32.0 Å². The molecule has 0 fully saturated rings. The summed E-state index contributed by atoms with van der Waals surface area (Å²) in [6, 6.07) is 14.3. The number of aromatic nitrogens is 6. The highest BCUT2D eigenvalue weighted by Gasteiger charge is 2.22. The summed E-state index contributed by atoms with van der Waals surface area (Å²) >= 11 is 0. The number of aryl methyl sites for hydroxylation is 2. The minimum absolute atomic E-state index is 0.107. The molecule has 0 radical (unpaired) electrons. The molecule has 0 aliphatic carbocycles. The van der Waals surface area contributed by atoms with Gasteiger partial charge in [0.1, 0.15) is 29.5 Å². The highest BCUT2D eigenvalue weighted by molar-refractivity contribution is 5.98. The molecule has 5 aromatic rings. The van der Waals surface area contributed by atoms with E-state index in [1.807, 2.05) is 37.3 Å². The van der Waals surface area contributed by atoms with Gasteiger partial charge in [-0.3, -0.25) is 0 Å². The van der Waals surface area contributed by atoms with Gasteiger partial charge in [0.25, 0.3) is 0 Å². The molecule has 0 spiro atoms. The molecule has 1 atom stereocenters. The van der Waals surface area contributed by atoms with E-state index in [9.17, 15) is 5.11 Å². The molecule has 3 aromatic heterocycles. The fraction of sp³-hybridized carbons (Fsp3) is 0.259. The van der Waals surface area contributed by atoms with Crippen LogP contribution in [0.4, 0.5) is 21.7 Å². The molecule has 5 rings (SSSR count). The van der Waals surface area contributed by atoms with Crippen LogP contribution in [0.25, 0.3) is 28.0 Å². The normalized spacial score (nSPS) is 12.6. The molecule has 196 valence electrons. The fourth-order valence-electron chi connectivity index (χ4n) is 4.15. The lowest BCUT2D eigenvalue weighted by atomic mass is 9.92. The minimum atomic E-state index is -1.30. The van der Waals surface area contributed by atoms with Gasteiger partial charge in [-0.2, -0.15) is 10.2 Å². The third kappa shape index (κ3) is 4.75. The van der Waals surface area contributed by atoms with E-state index in [2.05, 4.69) is 46.5 Å². The first-order valence-corrected chi connectivity index (χ1v) is 12.1. The van der Waals surface area contributed by atoms with E-state index in [4.69, 9.17) is 10.8 Å². The quantitative estimate of drug-likeness (QED) is 0.246. The maximum absolute atomic E-state index is 15.2. The van der Waals surface area contributed by atoms with Crippen LogP contribution in [-0.2, 0) is 12.5 Å². The van der Waals surface area contributed by atoms with Crippen molar-refractivity contribution in [3.63, 3.8) is 0 Å². The molecular weight excluding hydrogens is 485 g/mol. The summed E-state index contributed by atoms with van der Waals surface area (Å²) in [7, 11) is 1.74. The van der Waals surface area contributed by atoms with Crippen molar-refractivity contribution >= 4 is 28.4 Å². The average Bonchev–Trinajstić information content (AvgIpc) is 3.43. The van der Waals surface area contributed by atoms with Crippen LogP contribution >= 0.6 is 0 Å². The molecule has 3 heterocycles. The molecule has 11 heteroatoms. The number of hydrogen-bond donors (Lipinski definition) is 4. The van der Waals surface area contributed by atoms with Crippen molar-refractivity contribution in [1.29, 1.82) is 0 Å². The summed E-state index contributed by atoms with van der Waals surface area (Å²) in [5, 5.41) is 26.3. The van der Waals surface area contributed by atoms with Gasteiger partial charge >= 0.3 is 0 Å². The number of nitrogens with two attached hydrogens (primary N) is 1. The third-order valence-corrected chi connectivity index (χ3v) is 6.23. The van der Waals surface area contributed by atoms with E-state index in [0.29, 0.717) is 28.1 Å². The van der Waals surface area contributed by atoms with Crippen LogP contribution in [0.3, 0.4) is 0 Å². The number of benzene rings is 2. The highest BCUT2D eigenvalue weighted by Crippen LogP contribution is 2.32. The van der Waals surface area contributed by atoms with Gasteiger partial charge in [-0.25, -0.2) is 23.7 Å². The number of hydrogen-bond acceptors (Lipinski definition) is 8. The Kier molecular flexibility index (Phi) is 6.23. The first-order chi connectivity index (χ1) is 18.0. The Hall–Kier alpha value is -4.51. The Labute approximate surface area is 219 Å².